The molecule has 28 heavy (non-hydrogen) atoms. The normalized spacial score (nSPS) is 14.6. The van der Waals surface area contributed by atoms with Gasteiger partial charge in [0.1, 0.15) is 0 Å². The van der Waals surface area contributed by atoms with Gasteiger partial charge >= 0.3 is 0 Å². The number of anilines is 2. The Morgan fingerprint density at radius 3 is 2.32 bits per heavy atom. The minimum absolute atomic E-state index is 0.115. The first kappa shape index (κ1) is 18.2. The molecular weight excluding hydrogens is 348 g/mol. The van der Waals surface area contributed by atoms with Crippen molar-refractivity contribution in [2.45, 2.75) is 6.54 Å². The van der Waals surface area contributed by atoms with Crippen molar-refractivity contribution in [2.75, 3.05) is 36.4 Å². The summed E-state index contributed by atoms with van der Waals surface area (Å²) in [6.45, 7) is 5.06. The van der Waals surface area contributed by atoms with Gasteiger partial charge < -0.3 is 10.2 Å². The van der Waals surface area contributed by atoms with Crippen molar-refractivity contribution >= 4 is 17.3 Å². The summed E-state index contributed by atoms with van der Waals surface area (Å²) in [6, 6.07) is 22.1. The second-order valence-corrected chi connectivity index (χ2v) is 6.99. The van der Waals surface area contributed by atoms with Crippen LogP contribution < -0.4 is 10.2 Å². The first-order valence-electron chi connectivity index (χ1n) is 9.60. The molecule has 0 radical (unpaired) electrons. The van der Waals surface area contributed by atoms with Crippen molar-refractivity contribution in [1.29, 1.82) is 0 Å². The van der Waals surface area contributed by atoms with Gasteiger partial charge in [-0.15, -0.1) is 0 Å². The van der Waals surface area contributed by atoms with Crippen LogP contribution in [0.15, 0.2) is 79.1 Å². The summed E-state index contributed by atoms with van der Waals surface area (Å²) >= 11 is 0. The fraction of sp³-hybridized carbons (Fsp3) is 0.217. The Morgan fingerprint density at radius 2 is 1.64 bits per heavy atom. The Balaban J connectivity index is 1.30. The van der Waals surface area contributed by atoms with Crippen LogP contribution in [0.4, 0.5) is 11.4 Å². The van der Waals surface area contributed by atoms with E-state index >= 15 is 0 Å². The van der Waals surface area contributed by atoms with Gasteiger partial charge in [-0.05, 0) is 42.0 Å². The molecule has 1 aliphatic rings. The molecule has 0 saturated carbocycles. The van der Waals surface area contributed by atoms with E-state index in [1.165, 1.54) is 11.3 Å². The molecule has 142 valence electrons. The van der Waals surface area contributed by atoms with Gasteiger partial charge in [0.2, 0.25) is 0 Å². The number of aromatic nitrogens is 1. The third-order valence-electron chi connectivity index (χ3n) is 5.04. The van der Waals surface area contributed by atoms with Gasteiger partial charge in [-0.2, -0.15) is 0 Å². The Hall–Kier alpha value is -3.18. The number of para-hydroxylation sites is 1. The van der Waals surface area contributed by atoms with E-state index < -0.39 is 0 Å². The van der Waals surface area contributed by atoms with Crippen molar-refractivity contribution in [3.8, 4) is 0 Å². The van der Waals surface area contributed by atoms with Gasteiger partial charge in [0, 0.05) is 50.2 Å². The number of hydrogen-bond donors (Lipinski definition) is 1. The quantitative estimate of drug-likeness (QED) is 0.743. The summed E-state index contributed by atoms with van der Waals surface area (Å²) in [4.78, 5) is 21.2. The van der Waals surface area contributed by atoms with Crippen LogP contribution in [0.25, 0.3) is 0 Å². The number of piperazine rings is 1. The molecule has 4 rings (SSSR count). The topological polar surface area (TPSA) is 48.5 Å². The maximum atomic E-state index is 12.3. The molecule has 0 bridgehead atoms. The average Bonchev–Trinajstić information content (AvgIpc) is 2.76. The second kappa shape index (κ2) is 8.67. The molecule has 1 aliphatic heterocycles. The minimum atomic E-state index is -0.115. The van der Waals surface area contributed by atoms with Crippen molar-refractivity contribution < 1.29 is 4.79 Å². The van der Waals surface area contributed by atoms with Crippen molar-refractivity contribution in [3.05, 3.63) is 90.3 Å². The van der Waals surface area contributed by atoms with Gasteiger partial charge in [0.25, 0.3) is 5.91 Å². The number of hydrogen-bond acceptors (Lipinski definition) is 4. The highest BCUT2D eigenvalue weighted by atomic mass is 16.1. The highest BCUT2D eigenvalue weighted by Crippen LogP contribution is 2.17. The Kier molecular flexibility index (Phi) is 5.64. The summed E-state index contributed by atoms with van der Waals surface area (Å²) in [5.74, 6) is -0.115. The van der Waals surface area contributed by atoms with Crippen LogP contribution in [0, 0.1) is 0 Å². The van der Waals surface area contributed by atoms with Crippen LogP contribution in [0.1, 0.15) is 15.9 Å². The predicted octanol–water partition coefficient (Wildman–Crippen LogP) is 3.66. The predicted molar refractivity (Wildman–Crippen MR) is 113 cm³/mol. The third-order valence-corrected chi connectivity index (χ3v) is 5.04. The van der Waals surface area contributed by atoms with Gasteiger partial charge in [0.15, 0.2) is 0 Å². The molecule has 1 amide bonds. The lowest BCUT2D eigenvalue weighted by atomic mass is 10.1. The number of amides is 1. The van der Waals surface area contributed by atoms with Crippen LogP contribution in [0.5, 0.6) is 0 Å². The number of rotatable bonds is 5. The lowest BCUT2D eigenvalue weighted by molar-refractivity contribution is 0.102. The van der Waals surface area contributed by atoms with E-state index in [-0.39, 0.29) is 5.91 Å². The van der Waals surface area contributed by atoms with Gasteiger partial charge in [-0.25, -0.2) is 0 Å². The van der Waals surface area contributed by atoms with Crippen LogP contribution in [-0.2, 0) is 6.54 Å². The summed E-state index contributed by atoms with van der Waals surface area (Å²) in [5, 5.41) is 2.86. The van der Waals surface area contributed by atoms with Crippen LogP contribution in [0.3, 0.4) is 0 Å². The lowest BCUT2D eigenvalue weighted by Crippen LogP contribution is -2.45. The molecule has 1 N–H and O–H groups in total. The van der Waals surface area contributed by atoms with Crippen molar-refractivity contribution in [1.82, 2.24) is 9.88 Å². The van der Waals surface area contributed by atoms with E-state index in [9.17, 15) is 4.79 Å². The van der Waals surface area contributed by atoms with E-state index in [1.807, 2.05) is 30.3 Å². The number of pyridine rings is 1. The Labute approximate surface area is 165 Å². The molecule has 2 aromatic carbocycles. The van der Waals surface area contributed by atoms with E-state index in [1.54, 1.807) is 18.5 Å². The first-order chi connectivity index (χ1) is 13.8. The average molecular weight is 372 g/mol. The smallest absolute Gasteiger partial charge is 0.255 e. The van der Waals surface area contributed by atoms with Crippen LogP contribution in [-0.4, -0.2) is 42.0 Å². The molecule has 5 heteroatoms. The van der Waals surface area contributed by atoms with E-state index in [0.29, 0.717) is 11.3 Å². The molecule has 0 aliphatic carbocycles. The molecule has 3 aromatic rings. The SMILES string of the molecule is O=C(Nc1cccnc1)c1ccc(CN2CCN(c3ccccc3)CC2)cc1. The number of carbonyl (C=O) groups excluding carboxylic acids is 1. The van der Waals surface area contributed by atoms with Crippen molar-refractivity contribution in [2.24, 2.45) is 0 Å². The summed E-state index contributed by atoms with van der Waals surface area (Å²) in [6.07, 6.45) is 3.32. The van der Waals surface area contributed by atoms with Crippen LogP contribution in [0.2, 0.25) is 0 Å². The van der Waals surface area contributed by atoms with Gasteiger partial charge in [-0.1, -0.05) is 30.3 Å². The lowest BCUT2D eigenvalue weighted by Gasteiger charge is -2.36. The molecule has 2 heterocycles. The number of benzene rings is 2. The fourth-order valence-corrected chi connectivity index (χ4v) is 3.46. The fourth-order valence-electron chi connectivity index (χ4n) is 3.46. The second-order valence-electron chi connectivity index (χ2n) is 6.99. The minimum Gasteiger partial charge on any atom is -0.369 e. The monoisotopic (exact) mass is 372 g/mol. The van der Waals surface area contributed by atoms with Gasteiger partial charge in [-0.3, -0.25) is 14.7 Å². The number of carbonyl (C=O) groups is 1. The highest BCUT2D eigenvalue weighted by Gasteiger charge is 2.17. The number of nitrogens with zero attached hydrogens (tertiary/aromatic N) is 3. The van der Waals surface area contributed by atoms with E-state index in [2.05, 4.69) is 50.4 Å². The molecule has 1 saturated heterocycles. The molecular formula is C23H24N4O. The summed E-state index contributed by atoms with van der Waals surface area (Å²) in [7, 11) is 0. The maximum Gasteiger partial charge on any atom is 0.255 e. The Morgan fingerprint density at radius 1 is 0.893 bits per heavy atom. The maximum absolute atomic E-state index is 12.3. The molecule has 0 unspecified atom stereocenters. The molecule has 0 atom stereocenters. The van der Waals surface area contributed by atoms with E-state index in [4.69, 9.17) is 0 Å². The van der Waals surface area contributed by atoms with E-state index in [0.717, 1.165) is 32.7 Å². The summed E-state index contributed by atoms with van der Waals surface area (Å²) < 4.78 is 0. The number of nitrogens with one attached hydrogen (secondary N) is 1. The molecule has 5 nitrogen and oxygen atoms in total. The molecule has 1 aromatic heterocycles. The standard InChI is InChI=1S/C23H24N4O/c28-23(25-21-5-4-12-24-17-21)20-10-8-19(9-11-20)18-26-13-15-27(16-14-26)22-6-2-1-3-7-22/h1-12,17H,13-16,18H2,(H,25,28). The Bertz CT molecular complexity index is 889. The third kappa shape index (κ3) is 4.56. The molecule has 0 spiro atoms. The first-order valence-corrected chi connectivity index (χ1v) is 9.60. The van der Waals surface area contributed by atoms with Gasteiger partial charge in [0.05, 0.1) is 11.9 Å². The zero-order valence-corrected chi connectivity index (χ0v) is 15.8. The zero-order chi connectivity index (χ0) is 19.2. The van der Waals surface area contributed by atoms with Crippen LogP contribution >= 0.6 is 0 Å². The highest BCUT2D eigenvalue weighted by molar-refractivity contribution is 6.04. The van der Waals surface area contributed by atoms with Crippen molar-refractivity contribution in [3.63, 3.8) is 0 Å². The zero-order valence-electron chi connectivity index (χ0n) is 15.8. The molecule has 1 fully saturated rings. The largest absolute Gasteiger partial charge is 0.369 e. The summed E-state index contributed by atoms with van der Waals surface area (Å²) in [5.41, 5.74) is 3.88.